The predicted molar refractivity (Wildman–Crippen MR) is 65.2 cm³/mol. The zero-order valence-electron chi connectivity index (χ0n) is 8.42. The second kappa shape index (κ2) is 4.41. The number of ketones is 1. The number of thiol groups is 1. The molecule has 1 N–H and O–H groups in total. The smallest absolute Gasteiger partial charge is 0.196 e. The molecule has 3 heteroatoms. The molecule has 0 radical (unpaired) electrons. The maximum Gasteiger partial charge on any atom is 0.196 e. The van der Waals surface area contributed by atoms with Gasteiger partial charge in [-0.15, -0.1) is 12.6 Å². The van der Waals surface area contributed by atoms with Crippen LogP contribution in [0.3, 0.4) is 0 Å². The van der Waals surface area contributed by atoms with Gasteiger partial charge in [0.25, 0.3) is 0 Å². The van der Waals surface area contributed by atoms with Crippen molar-refractivity contribution in [2.24, 2.45) is 0 Å². The molecule has 2 aromatic rings. The zero-order valence-corrected chi connectivity index (χ0v) is 9.32. The van der Waals surface area contributed by atoms with Gasteiger partial charge < -0.3 is 5.11 Å². The summed E-state index contributed by atoms with van der Waals surface area (Å²) in [4.78, 5) is 12.6. The largest absolute Gasteiger partial charge is 0.507 e. The highest BCUT2D eigenvalue weighted by atomic mass is 32.1. The van der Waals surface area contributed by atoms with Gasteiger partial charge in [0.05, 0.1) is 5.56 Å². The van der Waals surface area contributed by atoms with Crippen molar-refractivity contribution in [2.45, 2.75) is 4.90 Å². The molecule has 16 heavy (non-hydrogen) atoms. The first-order chi connectivity index (χ1) is 7.68. The van der Waals surface area contributed by atoms with E-state index < -0.39 is 0 Å². The molecular formula is C13H10O2S. The molecule has 2 rings (SSSR count). The fourth-order valence-corrected chi connectivity index (χ4v) is 1.65. The van der Waals surface area contributed by atoms with Crippen LogP contribution >= 0.6 is 12.6 Å². The topological polar surface area (TPSA) is 37.3 Å². The van der Waals surface area contributed by atoms with Gasteiger partial charge >= 0.3 is 0 Å². The number of phenolic OH excluding ortho intramolecular Hbond substituents is 1. The van der Waals surface area contributed by atoms with Gasteiger partial charge in [0.2, 0.25) is 0 Å². The Hall–Kier alpha value is -1.74. The van der Waals surface area contributed by atoms with Crippen molar-refractivity contribution in [2.75, 3.05) is 0 Å². The molecule has 0 saturated carbocycles. The van der Waals surface area contributed by atoms with Crippen LogP contribution in [0.1, 0.15) is 15.9 Å². The third-order valence-electron chi connectivity index (χ3n) is 2.26. The van der Waals surface area contributed by atoms with Crippen molar-refractivity contribution in [3.63, 3.8) is 0 Å². The lowest BCUT2D eigenvalue weighted by atomic mass is 10.0. The summed E-state index contributed by atoms with van der Waals surface area (Å²) in [5.74, 6) is -0.229. The van der Waals surface area contributed by atoms with Crippen molar-refractivity contribution < 1.29 is 9.90 Å². The van der Waals surface area contributed by atoms with Gasteiger partial charge in [-0.1, -0.05) is 30.3 Å². The standard InChI is InChI=1S/C13H10O2S/c14-12-8-10(16)6-7-11(12)13(15)9-4-2-1-3-5-9/h1-8,14,16H. The highest BCUT2D eigenvalue weighted by Gasteiger charge is 2.12. The number of phenols is 1. The summed E-state index contributed by atoms with van der Waals surface area (Å²) >= 11 is 4.09. The van der Waals surface area contributed by atoms with Crippen molar-refractivity contribution in [1.29, 1.82) is 0 Å². The van der Waals surface area contributed by atoms with Crippen LogP contribution in [0.2, 0.25) is 0 Å². The lowest BCUT2D eigenvalue weighted by molar-refractivity contribution is 0.103. The Balaban J connectivity index is 2.42. The lowest BCUT2D eigenvalue weighted by Crippen LogP contribution is -2.01. The molecule has 0 unspecified atom stereocenters. The summed E-state index contributed by atoms with van der Waals surface area (Å²) in [6.07, 6.45) is 0. The number of benzene rings is 2. The average Bonchev–Trinajstić information content (AvgIpc) is 2.29. The summed E-state index contributed by atoms with van der Waals surface area (Å²) in [5.41, 5.74) is 0.855. The van der Waals surface area contributed by atoms with Crippen LogP contribution in [0, 0.1) is 0 Å². The Morgan fingerprint density at radius 1 is 1.06 bits per heavy atom. The highest BCUT2D eigenvalue weighted by Crippen LogP contribution is 2.23. The van der Waals surface area contributed by atoms with Gasteiger partial charge in [0.15, 0.2) is 5.78 Å². The van der Waals surface area contributed by atoms with Gasteiger partial charge in [-0.3, -0.25) is 4.79 Å². The number of aromatic hydroxyl groups is 1. The van der Waals surface area contributed by atoms with Crippen LogP contribution in [0.4, 0.5) is 0 Å². The van der Waals surface area contributed by atoms with Crippen molar-refractivity contribution >= 4 is 18.4 Å². The molecule has 2 nitrogen and oxygen atoms in total. The minimum absolute atomic E-state index is 0.0404. The zero-order chi connectivity index (χ0) is 11.5. The minimum atomic E-state index is -0.188. The van der Waals surface area contributed by atoms with Gasteiger partial charge in [-0.2, -0.15) is 0 Å². The molecule has 0 aliphatic carbocycles. The second-order valence-corrected chi connectivity index (χ2v) is 3.91. The molecule has 80 valence electrons. The second-order valence-electron chi connectivity index (χ2n) is 3.40. The molecule has 0 heterocycles. The van der Waals surface area contributed by atoms with E-state index in [1.165, 1.54) is 6.07 Å². The van der Waals surface area contributed by atoms with Crippen LogP contribution in [-0.2, 0) is 0 Å². The molecule has 0 aliphatic rings. The van der Waals surface area contributed by atoms with E-state index in [9.17, 15) is 9.90 Å². The average molecular weight is 230 g/mol. The van der Waals surface area contributed by atoms with Crippen molar-refractivity contribution in [3.05, 3.63) is 59.7 Å². The summed E-state index contributed by atoms with van der Waals surface area (Å²) in [7, 11) is 0. The Morgan fingerprint density at radius 2 is 1.75 bits per heavy atom. The van der Waals surface area contributed by atoms with E-state index in [1.54, 1.807) is 36.4 Å². The van der Waals surface area contributed by atoms with E-state index in [-0.39, 0.29) is 11.5 Å². The lowest BCUT2D eigenvalue weighted by Gasteiger charge is -2.04. The first-order valence-corrected chi connectivity index (χ1v) is 5.25. The van der Waals surface area contributed by atoms with Crippen LogP contribution in [0.5, 0.6) is 5.75 Å². The molecule has 0 atom stereocenters. The Labute approximate surface area is 99.0 Å². The first-order valence-electron chi connectivity index (χ1n) is 4.80. The Bertz CT molecular complexity index is 521. The molecule has 0 aromatic heterocycles. The summed E-state index contributed by atoms with van der Waals surface area (Å²) in [5, 5.41) is 9.65. The van der Waals surface area contributed by atoms with Crippen LogP contribution < -0.4 is 0 Å². The first kappa shape index (κ1) is 10.8. The monoisotopic (exact) mass is 230 g/mol. The maximum atomic E-state index is 12.0. The van der Waals surface area contributed by atoms with Gasteiger partial charge in [0, 0.05) is 10.5 Å². The van der Waals surface area contributed by atoms with E-state index in [4.69, 9.17) is 0 Å². The summed E-state index contributed by atoms with van der Waals surface area (Å²) in [6, 6.07) is 13.6. The molecular weight excluding hydrogens is 220 g/mol. The van der Waals surface area contributed by atoms with E-state index in [0.717, 1.165) is 0 Å². The fourth-order valence-electron chi connectivity index (χ4n) is 1.46. The van der Waals surface area contributed by atoms with Crippen LogP contribution in [-0.4, -0.2) is 10.9 Å². The molecule has 0 bridgehead atoms. The normalized spacial score (nSPS) is 10.1. The fraction of sp³-hybridized carbons (Fsp3) is 0. The van der Waals surface area contributed by atoms with E-state index in [2.05, 4.69) is 12.6 Å². The molecule has 0 aliphatic heterocycles. The number of carbonyl (C=O) groups excluding carboxylic acids is 1. The van der Waals surface area contributed by atoms with Gasteiger partial charge in [-0.25, -0.2) is 0 Å². The van der Waals surface area contributed by atoms with Crippen LogP contribution in [0.15, 0.2) is 53.4 Å². The molecule has 0 amide bonds. The third-order valence-corrected chi connectivity index (χ3v) is 2.54. The van der Waals surface area contributed by atoms with E-state index >= 15 is 0 Å². The predicted octanol–water partition coefficient (Wildman–Crippen LogP) is 2.91. The van der Waals surface area contributed by atoms with E-state index in [0.29, 0.717) is 16.0 Å². The van der Waals surface area contributed by atoms with Gasteiger partial charge in [0.1, 0.15) is 5.75 Å². The van der Waals surface area contributed by atoms with Crippen molar-refractivity contribution in [3.8, 4) is 5.75 Å². The summed E-state index contributed by atoms with van der Waals surface area (Å²) < 4.78 is 0. The number of rotatable bonds is 2. The van der Waals surface area contributed by atoms with E-state index in [1.807, 2.05) is 6.07 Å². The third kappa shape index (κ3) is 2.09. The highest BCUT2D eigenvalue weighted by molar-refractivity contribution is 7.80. The SMILES string of the molecule is O=C(c1ccccc1)c1ccc(S)cc1O. The number of hydrogen-bond donors (Lipinski definition) is 2. The van der Waals surface area contributed by atoms with Crippen LogP contribution in [0.25, 0.3) is 0 Å². The maximum absolute atomic E-state index is 12.0. The molecule has 0 saturated heterocycles. The molecule has 0 fully saturated rings. The minimum Gasteiger partial charge on any atom is -0.507 e. The molecule has 2 aromatic carbocycles. The van der Waals surface area contributed by atoms with Gasteiger partial charge in [-0.05, 0) is 18.2 Å². The molecule has 0 spiro atoms. The quantitative estimate of drug-likeness (QED) is 0.615. The Morgan fingerprint density at radius 3 is 2.38 bits per heavy atom. The summed E-state index contributed by atoms with van der Waals surface area (Å²) in [6.45, 7) is 0. The number of hydrogen-bond acceptors (Lipinski definition) is 3. The Kier molecular flexibility index (Phi) is 2.97. The van der Waals surface area contributed by atoms with Crippen molar-refractivity contribution in [1.82, 2.24) is 0 Å². The number of carbonyl (C=O) groups is 1.